The van der Waals surface area contributed by atoms with Crippen molar-refractivity contribution >= 4 is 40.8 Å². The number of rotatable bonds is 5. The van der Waals surface area contributed by atoms with Gasteiger partial charge in [-0.1, -0.05) is 11.6 Å². The van der Waals surface area contributed by atoms with Crippen molar-refractivity contribution in [2.45, 2.75) is 0 Å². The zero-order valence-corrected chi connectivity index (χ0v) is 14.3. The molecule has 134 valence electrons. The van der Waals surface area contributed by atoms with E-state index in [0.717, 1.165) is 0 Å². The molecule has 3 N–H and O–H groups in total. The van der Waals surface area contributed by atoms with E-state index in [0.29, 0.717) is 16.3 Å². The molecule has 0 fully saturated rings. The molecule has 10 heteroatoms. The van der Waals surface area contributed by atoms with Gasteiger partial charge in [0, 0.05) is 23.0 Å². The summed E-state index contributed by atoms with van der Waals surface area (Å²) < 4.78 is 0. The molecule has 2 aromatic carbocycles. The van der Waals surface area contributed by atoms with Crippen molar-refractivity contribution in [3.63, 3.8) is 0 Å². The summed E-state index contributed by atoms with van der Waals surface area (Å²) in [4.78, 5) is 14.3. The largest absolute Gasteiger partial charge is 0.502 e. The molecule has 0 unspecified atom stereocenters. The van der Waals surface area contributed by atoms with Gasteiger partial charge in [0.1, 0.15) is 11.6 Å². The number of nitriles is 1. The van der Waals surface area contributed by atoms with Gasteiger partial charge < -0.3 is 10.4 Å². The Morgan fingerprint density at radius 2 is 2.07 bits per heavy atom. The predicted molar refractivity (Wildman–Crippen MR) is 100 cm³/mol. The van der Waals surface area contributed by atoms with Crippen LogP contribution in [-0.2, 0) is 0 Å². The van der Waals surface area contributed by atoms with Crippen LogP contribution in [0.2, 0.25) is 5.02 Å². The fraction of sp³-hybridized carbons (Fsp3) is 0. The number of nitrogens with one attached hydrogen (secondary N) is 2. The fourth-order valence-corrected chi connectivity index (χ4v) is 2.32. The summed E-state index contributed by atoms with van der Waals surface area (Å²) in [5.74, 6) is 0.0270. The first-order valence-corrected chi connectivity index (χ1v) is 7.88. The van der Waals surface area contributed by atoms with Gasteiger partial charge >= 0.3 is 5.69 Å². The molecule has 3 aromatic rings. The first-order chi connectivity index (χ1) is 13.0. The molecule has 0 atom stereocenters. The zero-order chi connectivity index (χ0) is 19.4. The standard InChI is InChI=1S/C17H11ClN6O3/c18-11-2-4-12(5-3-11)21-17-13(8-19)16(22-23-17)20-9-10-1-6-15(25)14(7-10)24(26)27/h1-7,9,25H,(H2,21,22,23)/b20-9+. The van der Waals surface area contributed by atoms with Crippen LogP contribution in [-0.4, -0.2) is 26.4 Å². The molecular weight excluding hydrogens is 372 g/mol. The molecule has 0 spiro atoms. The van der Waals surface area contributed by atoms with E-state index in [2.05, 4.69) is 20.5 Å². The van der Waals surface area contributed by atoms with Crippen LogP contribution in [0.3, 0.4) is 0 Å². The number of anilines is 2. The smallest absolute Gasteiger partial charge is 0.311 e. The van der Waals surface area contributed by atoms with Crippen LogP contribution in [0.5, 0.6) is 5.75 Å². The molecule has 3 rings (SSSR count). The molecule has 1 aromatic heterocycles. The minimum Gasteiger partial charge on any atom is -0.502 e. The number of aromatic hydroxyl groups is 1. The highest BCUT2D eigenvalue weighted by molar-refractivity contribution is 6.30. The van der Waals surface area contributed by atoms with Crippen molar-refractivity contribution in [2.75, 3.05) is 5.32 Å². The van der Waals surface area contributed by atoms with Crippen molar-refractivity contribution in [1.82, 2.24) is 10.2 Å². The fourth-order valence-electron chi connectivity index (χ4n) is 2.20. The summed E-state index contributed by atoms with van der Waals surface area (Å²) in [6, 6.07) is 12.7. The highest BCUT2D eigenvalue weighted by Crippen LogP contribution is 2.28. The SMILES string of the molecule is N#Cc1c(Nc2ccc(Cl)cc2)n[nH]c1/N=C/c1ccc(O)c([N+](=O)[O-])c1. The monoisotopic (exact) mass is 382 g/mol. The number of benzene rings is 2. The number of phenols is 1. The molecule has 9 nitrogen and oxygen atoms in total. The Balaban J connectivity index is 1.86. The lowest BCUT2D eigenvalue weighted by Gasteiger charge is -2.02. The second-order valence-corrected chi connectivity index (χ2v) is 5.74. The maximum Gasteiger partial charge on any atom is 0.311 e. The minimum absolute atomic E-state index is 0.175. The molecule has 0 saturated carbocycles. The molecule has 0 radical (unpaired) electrons. The third-order valence-electron chi connectivity index (χ3n) is 3.50. The summed E-state index contributed by atoms with van der Waals surface area (Å²) in [6.07, 6.45) is 1.33. The van der Waals surface area contributed by atoms with E-state index in [4.69, 9.17) is 11.6 Å². The summed E-state index contributed by atoms with van der Waals surface area (Å²) >= 11 is 5.84. The number of nitro benzene ring substituents is 1. The number of aromatic nitrogens is 2. The van der Waals surface area contributed by atoms with Crippen LogP contribution >= 0.6 is 11.6 Å². The van der Waals surface area contributed by atoms with Crippen molar-refractivity contribution in [2.24, 2.45) is 4.99 Å². The topological polar surface area (TPSA) is 140 Å². The molecule has 27 heavy (non-hydrogen) atoms. The third kappa shape index (κ3) is 4.02. The highest BCUT2D eigenvalue weighted by Gasteiger charge is 2.14. The molecule has 0 aliphatic heterocycles. The Hall–Kier alpha value is -3.90. The molecule has 0 bridgehead atoms. The lowest BCUT2D eigenvalue weighted by Crippen LogP contribution is -1.92. The molecule has 0 amide bonds. The second kappa shape index (κ2) is 7.55. The van der Waals surface area contributed by atoms with E-state index in [-0.39, 0.29) is 17.2 Å². The van der Waals surface area contributed by atoms with Gasteiger partial charge in [-0.2, -0.15) is 10.4 Å². The Kier molecular flexibility index (Phi) is 5.01. The zero-order valence-electron chi connectivity index (χ0n) is 13.5. The van der Waals surface area contributed by atoms with Crippen LogP contribution in [0.25, 0.3) is 0 Å². The van der Waals surface area contributed by atoms with Crippen LogP contribution in [0.4, 0.5) is 23.0 Å². The van der Waals surface area contributed by atoms with E-state index in [1.54, 1.807) is 24.3 Å². The number of nitrogens with zero attached hydrogens (tertiary/aromatic N) is 4. The molecule has 1 heterocycles. The van der Waals surface area contributed by atoms with Crippen LogP contribution in [0, 0.1) is 21.4 Å². The highest BCUT2D eigenvalue weighted by atomic mass is 35.5. The van der Waals surface area contributed by atoms with E-state index < -0.39 is 16.4 Å². The Bertz CT molecular complexity index is 1070. The van der Waals surface area contributed by atoms with Crippen LogP contribution in [0.15, 0.2) is 47.5 Å². The Labute approximate surface area is 157 Å². The molecular formula is C17H11ClN6O3. The summed E-state index contributed by atoms with van der Waals surface area (Å²) in [5, 5.41) is 40.0. The number of halogens is 1. The van der Waals surface area contributed by atoms with Gasteiger partial charge in [-0.25, -0.2) is 4.99 Å². The number of hydrogen-bond donors (Lipinski definition) is 3. The molecule has 0 saturated heterocycles. The van der Waals surface area contributed by atoms with Gasteiger partial charge in [-0.3, -0.25) is 15.2 Å². The average molecular weight is 383 g/mol. The van der Waals surface area contributed by atoms with Gasteiger partial charge in [-0.05, 0) is 42.0 Å². The summed E-state index contributed by atoms with van der Waals surface area (Å²) in [5.41, 5.74) is 0.806. The molecule has 0 aliphatic carbocycles. The van der Waals surface area contributed by atoms with Gasteiger partial charge in [0.15, 0.2) is 17.4 Å². The van der Waals surface area contributed by atoms with Gasteiger partial charge in [0.25, 0.3) is 0 Å². The second-order valence-electron chi connectivity index (χ2n) is 5.30. The quantitative estimate of drug-likeness (QED) is 0.345. The first kappa shape index (κ1) is 17.9. The lowest BCUT2D eigenvalue weighted by molar-refractivity contribution is -0.385. The lowest BCUT2D eigenvalue weighted by atomic mass is 10.2. The average Bonchev–Trinajstić information content (AvgIpc) is 3.04. The van der Waals surface area contributed by atoms with Crippen LogP contribution < -0.4 is 5.32 Å². The third-order valence-corrected chi connectivity index (χ3v) is 3.76. The number of phenolic OH excluding ortho intramolecular Hbond substituents is 1. The number of aliphatic imine (C=N–C) groups is 1. The first-order valence-electron chi connectivity index (χ1n) is 7.50. The van der Waals surface area contributed by atoms with E-state index in [9.17, 15) is 20.5 Å². The summed E-state index contributed by atoms with van der Waals surface area (Å²) in [6.45, 7) is 0. The minimum atomic E-state index is -0.697. The molecule has 0 aliphatic rings. The number of nitro groups is 1. The van der Waals surface area contributed by atoms with Crippen LogP contribution in [0.1, 0.15) is 11.1 Å². The van der Waals surface area contributed by atoms with Gasteiger partial charge in [0.2, 0.25) is 0 Å². The Morgan fingerprint density at radius 3 is 2.74 bits per heavy atom. The van der Waals surface area contributed by atoms with Crippen molar-refractivity contribution in [3.05, 3.63) is 68.7 Å². The van der Waals surface area contributed by atoms with Crippen molar-refractivity contribution < 1.29 is 10.0 Å². The normalized spacial score (nSPS) is 10.7. The maximum atomic E-state index is 10.9. The number of aromatic amines is 1. The summed E-state index contributed by atoms with van der Waals surface area (Å²) in [7, 11) is 0. The van der Waals surface area contributed by atoms with Gasteiger partial charge in [0.05, 0.1) is 4.92 Å². The van der Waals surface area contributed by atoms with E-state index >= 15 is 0 Å². The Morgan fingerprint density at radius 1 is 1.33 bits per heavy atom. The van der Waals surface area contributed by atoms with E-state index in [1.165, 1.54) is 24.4 Å². The van der Waals surface area contributed by atoms with Crippen molar-refractivity contribution in [3.8, 4) is 11.8 Å². The van der Waals surface area contributed by atoms with Crippen molar-refractivity contribution in [1.29, 1.82) is 5.26 Å². The predicted octanol–water partition coefficient (Wildman–Crippen LogP) is 4.04. The maximum absolute atomic E-state index is 10.9. The number of H-pyrrole nitrogens is 1. The number of hydrogen-bond acceptors (Lipinski definition) is 7. The van der Waals surface area contributed by atoms with E-state index in [1.807, 2.05) is 6.07 Å². The van der Waals surface area contributed by atoms with Gasteiger partial charge in [-0.15, -0.1) is 0 Å².